The maximum absolute atomic E-state index is 8.82. The molecule has 0 atom stereocenters. The first kappa shape index (κ1) is 12.2. The first-order valence-electron chi connectivity index (χ1n) is 5.71. The molecule has 17 heavy (non-hydrogen) atoms. The van der Waals surface area contributed by atoms with E-state index in [4.69, 9.17) is 10.9 Å². The third-order valence-electron chi connectivity index (χ3n) is 2.98. The normalized spacial score (nSPS) is 16.0. The second kappa shape index (κ2) is 4.96. The van der Waals surface area contributed by atoms with Gasteiger partial charge < -0.3 is 15.8 Å². The Kier molecular flexibility index (Phi) is 3.57. The van der Waals surface area contributed by atoms with Crippen LogP contribution >= 0.6 is 15.9 Å². The van der Waals surface area contributed by atoms with Gasteiger partial charge in [0.15, 0.2) is 5.84 Å². The summed E-state index contributed by atoms with van der Waals surface area (Å²) >= 11 is 3.46. The van der Waals surface area contributed by atoms with Gasteiger partial charge in [0, 0.05) is 28.3 Å². The minimum absolute atomic E-state index is 0.159. The van der Waals surface area contributed by atoms with Crippen LogP contribution in [-0.4, -0.2) is 23.6 Å². The fraction of sp³-hybridized carbons (Fsp3) is 0.417. The number of rotatable bonds is 4. The van der Waals surface area contributed by atoms with E-state index in [0.29, 0.717) is 6.04 Å². The second-order valence-corrected chi connectivity index (χ2v) is 5.08. The summed E-state index contributed by atoms with van der Waals surface area (Å²) in [5.41, 5.74) is 7.53. The molecular formula is C12H16BrN3O. The molecule has 0 bridgehead atoms. The Labute approximate surface area is 109 Å². The van der Waals surface area contributed by atoms with Crippen LogP contribution in [0, 0.1) is 0 Å². The van der Waals surface area contributed by atoms with Gasteiger partial charge in [-0.05, 0) is 38.0 Å². The van der Waals surface area contributed by atoms with E-state index in [1.54, 1.807) is 0 Å². The summed E-state index contributed by atoms with van der Waals surface area (Å²) in [5, 5.41) is 11.9. The summed E-state index contributed by atoms with van der Waals surface area (Å²) < 4.78 is 1.00. The van der Waals surface area contributed by atoms with E-state index in [0.717, 1.165) is 22.3 Å². The molecule has 0 radical (unpaired) electrons. The average Bonchev–Trinajstić information content (AvgIpc) is 3.14. The molecule has 1 aromatic rings. The summed E-state index contributed by atoms with van der Waals surface area (Å²) in [5.74, 6) is 0.159. The highest BCUT2D eigenvalue weighted by Crippen LogP contribution is 2.34. The van der Waals surface area contributed by atoms with E-state index in [1.807, 2.05) is 18.2 Å². The van der Waals surface area contributed by atoms with Crippen LogP contribution in [0.2, 0.25) is 0 Å². The fourth-order valence-electron chi connectivity index (χ4n) is 2.02. The quantitative estimate of drug-likeness (QED) is 0.388. The Morgan fingerprint density at radius 2 is 2.29 bits per heavy atom. The highest BCUT2D eigenvalue weighted by atomic mass is 79.9. The number of hydrogen-bond donors (Lipinski definition) is 2. The first-order valence-corrected chi connectivity index (χ1v) is 6.50. The lowest BCUT2D eigenvalue weighted by atomic mass is 10.1. The number of anilines is 1. The van der Waals surface area contributed by atoms with Crippen LogP contribution in [0.4, 0.5) is 5.69 Å². The van der Waals surface area contributed by atoms with Crippen molar-refractivity contribution in [1.29, 1.82) is 0 Å². The van der Waals surface area contributed by atoms with Gasteiger partial charge in [-0.1, -0.05) is 21.1 Å². The molecule has 1 aliphatic rings. The number of benzene rings is 1. The minimum Gasteiger partial charge on any atom is -0.409 e. The van der Waals surface area contributed by atoms with Crippen molar-refractivity contribution < 1.29 is 5.21 Å². The van der Waals surface area contributed by atoms with E-state index in [2.05, 4.69) is 32.9 Å². The van der Waals surface area contributed by atoms with E-state index in [9.17, 15) is 0 Å². The molecule has 1 aromatic carbocycles. The van der Waals surface area contributed by atoms with Crippen LogP contribution in [0.5, 0.6) is 0 Å². The zero-order valence-electron chi connectivity index (χ0n) is 9.73. The third-order valence-corrected chi connectivity index (χ3v) is 3.47. The van der Waals surface area contributed by atoms with Gasteiger partial charge in [0.1, 0.15) is 0 Å². The van der Waals surface area contributed by atoms with Crippen LogP contribution in [0.15, 0.2) is 27.8 Å². The molecule has 1 aliphatic carbocycles. The molecule has 5 heteroatoms. The lowest BCUT2D eigenvalue weighted by molar-refractivity contribution is 0.318. The van der Waals surface area contributed by atoms with E-state index >= 15 is 0 Å². The van der Waals surface area contributed by atoms with Crippen LogP contribution in [0.3, 0.4) is 0 Å². The second-order valence-electron chi connectivity index (χ2n) is 4.16. The zero-order chi connectivity index (χ0) is 12.4. The van der Waals surface area contributed by atoms with Crippen molar-refractivity contribution >= 4 is 27.5 Å². The molecule has 0 aromatic heterocycles. The van der Waals surface area contributed by atoms with Gasteiger partial charge in [-0.3, -0.25) is 0 Å². The van der Waals surface area contributed by atoms with Crippen LogP contribution in [-0.2, 0) is 0 Å². The van der Waals surface area contributed by atoms with Crippen molar-refractivity contribution in [3.8, 4) is 0 Å². The van der Waals surface area contributed by atoms with Gasteiger partial charge in [0.2, 0.25) is 0 Å². The number of hydrogen-bond acceptors (Lipinski definition) is 3. The molecule has 0 heterocycles. The van der Waals surface area contributed by atoms with Gasteiger partial charge in [-0.25, -0.2) is 0 Å². The first-order chi connectivity index (χ1) is 8.17. The highest BCUT2D eigenvalue weighted by Gasteiger charge is 2.29. The maximum Gasteiger partial charge on any atom is 0.172 e. The summed E-state index contributed by atoms with van der Waals surface area (Å²) in [6.07, 6.45) is 2.44. The Morgan fingerprint density at radius 1 is 1.59 bits per heavy atom. The maximum atomic E-state index is 8.82. The number of nitrogens with two attached hydrogens (primary N) is 1. The summed E-state index contributed by atoms with van der Waals surface area (Å²) in [7, 11) is 0. The average molecular weight is 298 g/mol. The lowest BCUT2D eigenvalue weighted by Crippen LogP contribution is -2.28. The van der Waals surface area contributed by atoms with Crippen molar-refractivity contribution in [2.75, 3.05) is 11.4 Å². The predicted octanol–water partition coefficient (Wildman–Crippen LogP) is 2.53. The Hall–Kier alpha value is -1.23. The fourth-order valence-corrected chi connectivity index (χ4v) is 2.37. The van der Waals surface area contributed by atoms with Gasteiger partial charge in [-0.15, -0.1) is 0 Å². The third kappa shape index (κ3) is 2.54. The molecule has 92 valence electrons. The molecule has 2 rings (SSSR count). The Balaban J connectivity index is 2.45. The molecule has 0 amide bonds. The standard InChI is InChI=1S/C12H16BrN3O/c1-2-16(9-4-5-9)11-7-8(13)3-6-10(11)12(14)15-17/h3,6-7,9,17H,2,4-5H2,1H3,(H2,14,15). The SMILES string of the molecule is CCN(c1cc(Br)ccc1/C(N)=N/O)C1CC1. The largest absolute Gasteiger partial charge is 0.409 e. The topological polar surface area (TPSA) is 61.8 Å². The summed E-state index contributed by atoms with van der Waals surface area (Å²) in [6.45, 7) is 3.04. The molecule has 4 nitrogen and oxygen atoms in total. The molecular weight excluding hydrogens is 282 g/mol. The van der Waals surface area contributed by atoms with Crippen LogP contribution in [0.25, 0.3) is 0 Å². The van der Waals surface area contributed by atoms with Gasteiger partial charge in [0.05, 0.1) is 0 Å². The van der Waals surface area contributed by atoms with Crippen molar-refractivity contribution in [1.82, 2.24) is 0 Å². The number of amidine groups is 1. The minimum atomic E-state index is 0.159. The zero-order valence-corrected chi connectivity index (χ0v) is 11.3. The molecule has 3 N–H and O–H groups in total. The Bertz CT molecular complexity index is 443. The number of halogens is 1. The van der Waals surface area contributed by atoms with E-state index < -0.39 is 0 Å². The predicted molar refractivity (Wildman–Crippen MR) is 72.7 cm³/mol. The smallest absolute Gasteiger partial charge is 0.172 e. The monoisotopic (exact) mass is 297 g/mol. The van der Waals surface area contributed by atoms with Crippen LogP contribution in [0.1, 0.15) is 25.3 Å². The van der Waals surface area contributed by atoms with E-state index in [1.165, 1.54) is 12.8 Å². The number of oxime groups is 1. The van der Waals surface area contributed by atoms with Gasteiger partial charge in [0.25, 0.3) is 0 Å². The van der Waals surface area contributed by atoms with Gasteiger partial charge >= 0.3 is 0 Å². The number of nitrogens with zero attached hydrogens (tertiary/aromatic N) is 2. The molecule has 0 spiro atoms. The van der Waals surface area contributed by atoms with Crippen molar-refractivity contribution in [3.05, 3.63) is 28.2 Å². The van der Waals surface area contributed by atoms with Crippen LogP contribution < -0.4 is 10.6 Å². The lowest BCUT2D eigenvalue weighted by Gasteiger charge is -2.25. The Morgan fingerprint density at radius 3 is 2.82 bits per heavy atom. The summed E-state index contributed by atoms with van der Waals surface area (Å²) in [4.78, 5) is 2.30. The highest BCUT2D eigenvalue weighted by molar-refractivity contribution is 9.10. The molecule has 1 saturated carbocycles. The van der Waals surface area contributed by atoms with Crippen molar-refractivity contribution in [3.63, 3.8) is 0 Å². The molecule has 0 saturated heterocycles. The van der Waals surface area contributed by atoms with E-state index in [-0.39, 0.29) is 5.84 Å². The molecule has 1 fully saturated rings. The molecule has 0 unspecified atom stereocenters. The molecule has 0 aliphatic heterocycles. The van der Waals surface area contributed by atoms with Gasteiger partial charge in [-0.2, -0.15) is 0 Å². The summed E-state index contributed by atoms with van der Waals surface area (Å²) in [6, 6.07) is 6.39. The van der Waals surface area contributed by atoms with Crippen molar-refractivity contribution in [2.24, 2.45) is 10.9 Å². The van der Waals surface area contributed by atoms with Crippen molar-refractivity contribution in [2.45, 2.75) is 25.8 Å².